The molecule has 1 saturated heterocycles. The van der Waals surface area contributed by atoms with E-state index in [-0.39, 0.29) is 17.3 Å². The molecule has 0 atom stereocenters. The Bertz CT molecular complexity index is 1180. The Morgan fingerprint density at radius 2 is 1.75 bits per heavy atom. The number of nitrogens with zero attached hydrogens (tertiary/aromatic N) is 2. The molecular formula is C24H21N3O5. The summed E-state index contributed by atoms with van der Waals surface area (Å²) in [7, 11) is 0. The minimum absolute atomic E-state index is 0.0454. The van der Waals surface area contributed by atoms with Crippen molar-refractivity contribution >= 4 is 23.6 Å². The van der Waals surface area contributed by atoms with Gasteiger partial charge in [-0.15, -0.1) is 0 Å². The predicted octanol–water partition coefficient (Wildman–Crippen LogP) is 4.25. The van der Waals surface area contributed by atoms with E-state index in [1.807, 2.05) is 0 Å². The number of likely N-dealkylation sites (tertiary alicyclic amines) is 1. The number of hydrogen-bond donors (Lipinski definition) is 1. The van der Waals surface area contributed by atoms with Gasteiger partial charge in [0.25, 0.3) is 17.5 Å². The van der Waals surface area contributed by atoms with Crippen LogP contribution in [0.4, 0.5) is 5.69 Å². The van der Waals surface area contributed by atoms with E-state index in [1.54, 1.807) is 59.5 Å². The summed E-state index contributed by atoms with van der Waals surface area (Å²) in [5, 5.41) is 13.8. The summed E-state index contributed by atoms with van der Waals surface area (Å²) in [6.07, 6.45) is 3.33. The third kappa shape index (κ3) is 4.75. The Balaban J connectivity index is 1.63. The first-order valence-electron chi connectivity index (χ1n) is 10.2. The maximum Gasteiger partial charge on any atom is 0.270 e. The van der Waals surface area contributed by atoms with Crippen molar-refractivity contribution in [3.63, 3.8) is 0 Å². The van der Waals surface area contributed by atoms with E-state index in [2.05, 4.69) is 5.32 Å². The first-order chi connectivity index (χ1) is 15.5. The van der Waals surface area contributed by atoms with Crippen LogP contribution in [0.5, 0.6) is 0 Å². The van der Waals surface area contributed by atoms with E-state index >= 15 is 0 Å². The lowest BCUT2D eigenvalue weighted by Gasteiger charge is -2.18. The van der Waals surface area contributed by atoms with E-state index in [0.717, 1.165) is 12.8 Å². The van der Waals surface area contributed by atoms with Gasteiger partial charge in [0.05, 0.1) is 4.92 Å². The van der Waals surface area contributed by atoms with Crippen molar-refractivity contribution < 1.29 is 18.9 Å². The van der Waals surface area contributed by atoms with Crippen LogP contribution in [-0.2, 0) is 4.79 Å². The number of non-ortho nitro benzene ring substituents is 1. The van der Waals surface area contributed by atoms with Crippen molar-refractivity contribution in [2.24, 2.45) is 0 Å². The third-order valence-electron chi connectivity index (χ3n) is 5.16. The first-order valence-corrected chi connectivity index (χ1v) is 10.2. The molecule has 162 valence electrons. The Hall–Kier alpha value is -4.20. The predicted molar refractivity (Wildman–Crippen MR) is 118 cm³/mol. The number of benzene rings is 2. The summed E-state index contributed by atoms with van der Waals surface area (Å²) in [5.74, 6) is 0.0969. The zero-order valence-corrected chi connectivity index (χ0v) is 17.2. The number of amides is 2. The number of nitro groups is 1. The van der Waals surface area contributed by atoms with Crippen LogP contribution < -0.4 is 5.32 Å². The third-order valence-corrected chi connectivity index (χ3v) is 5.16. The summed E-state index contributed by atoms with van der Waals surface area (Å²) in [5.41, 5.74) is 1.04. The van der Waals surface area contributed by atoms with Gasteiger partial charge < -0.3 is 14.6 Å². The van der Waals surface area contributed by atoms with Gasteiger partial charge in [-0.25, -0.2) is 0 Å². The molecule has 1 aliphatic heterocycles. The molecule has 0 radical (unpaired) electrons. The highest BCUT2D eigenvalue weighted by Crippen LogP contribution is 2.26. The molecule has 1 aliphatic rings. The van der Waals surface area contributed by atoms with Crippen LogP contribution in [0.15, 0.2) is 76.8 Å². The maximum absolute atomic E-state index is 13.0. The normalized spacial score (nSPS) is 13.8. The number of furan rings is 1. The van der Waals surface area contributed by atoms with Crippen molar-refractivity contribution in [2.45, 2.75) is 12.8 Å². The van der Waals surface area contributed by atoms with Gasteiger partial charge in [-0.05, 0) is 37.1 Å². The minimum atomic E-state index is -0.473. The number of carbonyl (C=O) groups is 2. The van der Waals surface area contributed by atoms with Gasteiger partial charge in [-0.2, -0.15) is 0 Å². The van der Waals surface area contributed by atoms with Gasteiger partial charge in [0, 0.05) is 42.4 Å². The van der Waals surface area contributed by atoms with Gasteiger partial charge in [-0.1, -0.05) is 30.3 Å². The molecule has 2 amide bonds. The van der Waals surface area contributed by atoms with Crippen LogP contribution in [0, 0.1) is 10.1 Å². The van der Waals surface area contributed by atoms with E-state index in [0.29, 0.717) is 35.7 Å². The van der Waals surface area contributed by atoms with Gasteiger partial charge >= 0.3 is 0 Å². The summed E-state index contributed by atoms with van der Waals surface area (Å²) >= 11 is 0. The molecule has 8 heteroatoms. The van der Waals surface area contributed by atoms with E-state index < -0.39 is 10.8 Å². The lowest BCUT2D eigenvalue weighted by atomic mass is 10.1. The van der Waals surface area contributed by atoms with E-state index in [4.69, 9.17) is 4.42 Å². The van der Waals surface area contributed by atoms with Crippen molar-refractivity contribution in [3.05, 3.63) is 93.9 Å². The van der Waals surface area contributed by atoms with E-state index in [9.17, 15) is 19.7 Å². The fourth-order valence-electron chi connectivity index (χ4n) is 3.53. The maximum atomic E-state index is 13.0. The van der Waals surface area contributed by atoms with E-state index in [1.165, 1.54) is 18.2 Å². The van der Waals surface area contributed by atoms with Gasteiger partial charge in [0.2, 0.25) is 0 Å². The van der Waals surface area contributed by atoms with Gasteiger partial charge in [0.1, 0.15) is 17.2 Å². The van der Waals surface area contributed by atoms with Crippen molar-refractivity contribution in [2.75, 3.05) is 13.1 Å². The fraction of sp³-hybridized carbons (Fsp3) is 0.167. The second-order valence-corrected chi connectivity index (χ2v) is 7.39. The van der Waals surface area contributed by atoms with Gasteiger partial charge in [0.15, 0.2) is 0 Å². The highest BCUT2D eigenvalue weighted by molar-refractivity contribution is 6.05. The Morgan fingerprint density at radius 3 is 2.47 bits per heavy atom. The summed E-state index contributed by atoms with van der Waals surface area (Å²) < 4.78 is 5.81. The Morgan fingerprint density at radius 1 is 1.00 bits per heavy atom. The summed E-state index contributed by atoms with van der Waals surface area (Å²) in [6, 6.07) is 18.1. The molecule has 0 saturated carbocycles. The van der Waals surface area contributed by atoms with Crippen LogP contribution in [0.25, 0.3) is 17.4 Å². The molecule has 0 aliphatic carbocycles. The molecular weight excluding hydrogens is 410 g/mol. The number of carbonyl (C=O) groups excluding carboxylic acids is 2. The van der Waals surface area contributed by atoms with Crippen LogP contribution in [0.3, 0.4) is 0 Å². The molecule has 2 aromatic carbocycles. The Labute approximate surface area is 184 Å². The summed E-state index contributed by atoms with van der Waals surface area (Å²) in [6.45, 7) is 1.27. The molecule has 0 bridgehead atoms. The van der Waals surface area contributed by atoms with Crippen LogP contribution in [0.2, 0.25) is 0 Å². The number of hydrogen-bond acceptors (Lipinski definition) is 5. The van der Waals surface area contributed by atoms with Crippen molar-refractivity contribution in [1.29, 1.82) is 0 Å². The second-order valence-electron chi connectivity index (χ2n) is 7.39. The van der Waals surface area contributed by atoms with Crippen LogP contribution in [0.1, 0.15) is 29.0 Å². The van der Waals surface area contributed by atoms with Crippen molar-refractivity contribution in [1.82, 2.24) is 10.2 Å². The molecule has 1 N–H and O–H groups in total. The van der Waals surface area contributed by atoms with Crippen molar-refractivity contribution in [3.8, 4) is 11.3 Å². The molecule has 0 spiro atoms. The van der Waals surface area contributed by atoms with Crippen LogP contribution in [-0.4, -0.2) is 34.7 Å². The lowest BCUT2D eigenvalue weighted by Crippen LogP contribution is -2.36. The zero-order valence-electron chi connectivity index (χ0n) is 17.2. The van der Waals surface area contributed by atoms with Crippen LogP contribution >= 0.6 is 0 Å². The fourth-order valence-corrected chi connectivity index (χ4v) is 3.53. The molecule has 1 aromatic heterocycles. The number of nitro benzene ring substituents is 1. The quantitative estimate of drug-likeness (QED) is 0.357. The standard InChI is InChI=1S/C24H21N3O5/c28-23(17-7-2-1-3-8-17)25-21(24(29)26-13-4-5-14-26)16-20-11-12-22(32-20)18-9-6-10-19(15-18)27(30)31/h1-3,6-12,15-16H,4-5,13-14H2,(H,25,28)/b21-16+. The molecule has 8 nitrogen and oxygen atoms in total. The SMILES string of the molecule is O=C(N/C(=C/c1ccc(-c2cccc([N+](=O)[O-])c2)o1)C(=O)N1CCCC1)c1ccccc1. The largest absolute Gasteiger partial charge is 0.457 e. The number of rotatable bonds is 6. The molecule has 3 aromatic rings. The number of nitrogens with one attached hydrogen (secondary N) is 1. The topological polar surface area (TPSA) is 106 Å². The second kappa shape index (κ2) is 9.30. The highest BCUT2D eigenvalue weighted by Gasteiger charge is 2.24. The monoisotopic (exact) mass is 431 g/mol. The Kier molecular flexibility index (Phi) is 6.12. The molecule has 32 heavy (non-hydrogen) atoms. The highest BCUT2D eigenvalue weighted by atomic mass is 16.6. The zero-order chi connectivity index (χ0) is 22.5. The molecule has 0 unspecified atom stereocenters. The lowest BCUT2D eigenvalue weighted by molar-refractivity contribution is -0.384. The average Bonchev–Trinajstić information content (AvgIpc) is 3.51. The first kappa shape index (κ1) is 21.0. The molecule has 1 fully saturated rings. The summed E-state index contributed by atoms with van der Waals surface area (Å²) in [4.78, 5) is 38.0. The van der Waals surface area contributed by atoms with Gasteiger partial charge in [-0.3, -0.25) is 19.7 Å². The molecule has 2 heterocycles. The minimum Gasteiger partial charge on any atom is -0.457 e. The smallest absolute Gasteiger partial charge is 0.270 e. The average molecular weight is 431 g/mol. The molecule has 4 rings (SSSR count).